The lowest BCUT2D eigenvalue weighted by Crippen LogP contribution is -2.41. The van der Waals surface area contributed by atoms with Crippen molar-refractivity contribution in [1.82, 2.24) is 0 Å². The first-order valence-corrected chi connectivity index (χ1v) is 8.06. The maximum absolute atomic E-state index is 12.2. The fraction of sp³-hybridized carbons (Fsp3) is 0.765. The first-order valence-electron chi connectivity index (χ1n) is 8.06. The van der Waals surface area contributed by atoms with Gasteiger partial charge in [-0.1, -0.05) is 19.1 Å². The van der Waals surface area contributed by atoms with E-state index >= 15 is 0 Å². The molecule has 4 rings (SSSR count). The van der Waals surface area contributed by atoms with Gasteiger partial charge in [-0.05, 0) is 19.3 Å². The van der Waals surface area contributed by atoms with E-state index in [1.807, 2.05) is 6.92 Å². The molecule has 4 aliphatic rings. The Morgan fingerprint density at radius 2 is 2.18 bits per heavy atom. The van der Waals surface area contributed by atoms with Crippen LogP contribution in [0.25, 0.3) is 0 Å². The molecule has 0 aromatic carbocycles. The first-order chi connectivity index (χ1) is 10.3. The highest BCUT2D eigenvalue weighted by molar-refractivity contribution is 5.75. The molecule has 2 saturated heterocycles. The second-order valence-electron chi connectivity index (χ2n) is 7.44. The van der Waals surface area contributed by atoms with E-state index in [9.17, 15) is 9.59 Å². The lowest BCUT2D eigenvalue weighted by molar-refractivity contribution is -0.151. The van der Waals surface area contributed by atoms with Gasteiger partial charge in [0, 0.05) is 25.2 Å². The highest BCUT2D eigenvalue weighted by atomic mass is 16.6. The number of epoxide rings is 1. The summed E-state index contributed by atoms with van der Waals surface area (Å²) in [5, 5.41) is 0. The predicted molar refractivity (Wildman–Crippen MR) is 76.7 cm³/mol. The van der Waals surface area contributed by atoms with E-state index in [1.165, 1.54) is 6.92 Å². The topological polar surface area (TPSA) is 65.1 Å². The van der Waals surface area contributed by atoms with Crippen LogP contribution in [0.5, 0.6) is 0 Å². The Morgan fingerprint density at radius 3 is 2.86 bits per heavy atom. The van der Waals surface area contributed by atoms with Gasteiger partial charge >= 0.3 is 11.9 Å². The fourth-order valence-corrected chi connectivity index (χ4v) is 5.09. The van der Waals surface area contributed by atoms with Crippen molar-refractivity contribution in [3.63, 3.8) is 0 Å². The standard InChI is InChI=1S/C17H22O5/c1-7-5-11(20-9(3)18)13-8(2)16(19)21-15(13)14-10(7)6-12-17(14,4)22-12/h8,10-15H,1,5-6H2,2-4H3. The van der Waals surface area contributed by atoms with Gasteiger partial charge in [0.25, 0.3) is 0 Å². The Balaban J connectivity index is 1.74. The van der Waals surface area contributed by atoms with Crippen LogP contribution in [0.1, 0.15) is 33.6 Å². The Bertz CT molecular complexity index is 569. The molecule has 0 amide bonds. The van der Waals surface area contributed by atoms with Crippen LogP contribution in [0.15, 0.2) is 12.2 Å². The number of hydrogen-bond donors (Lipinski definition) is 0. The summed E-state index contributed by atoms with van der Waals surface area (Å²) in [4.78, 5) is 23.6. The molecule has 2 saturated carbocycles. The molecule has 0 aromatic heterocycles. The van der Waals surface area contributed by atoms with Crippen LogP contribution in [-0.2, 0) is 23.8 Å². The number of hydrogen-bond acceptors (Lipinski definition) is 5. The van der Waals surface area contributed by atoms with Gasteiger partial charge in [-0.3, -0.25) is 9.59 Å². The molecule has 5 heteroatoms. The van der Waals surface area contributed by atoms with E-state index in [0.717, 1.165) is 12.0 Å². The zero-order valence-corrected chi connectivity index (χ0v) is 13.2. The monoisotopic (exact) mass is 306 g/mol. The van der Waals surface area contributed by atoms with Crippen LogP contribution >= 0.6 is 0 Å². The molecule has 0 radical (unpaired) electrons. The van der Waals surface area contributed by atoms with Crippen LogP contribution < -0.4 is 0 Å². The van der Waals surface area contributed by atoms with Crippen molar-refractivity contribution < 1.29 is 23.8 Å². The van der Waals surface area contributed by atoms with Crippen molar-refractivity contribution >= 4 is 11.9 Å². The smallest absolute Gasteiger partial charge is 0.309 e. The van der Waals surface area contributed by atoms with Crippen LogP contribution in [0, 0.1) is 23.7 Å². The minimum atomic E-state index is -0.331. The Morgan fingerprint density at radius 1 is 1.45 bits per heavy atom. The highest BCUT2D eigenvalue weighted by Crippen LogP contribution is 2.63. The second-order valence-corrected chi connectivity index (χ2v) is 7.44. The summed E-state index contributed by atoms with van der Waals surface area (Å²) in [6.07, 6.45) is 1.23. The summed E-state index contributed by atoms with van der Waals surface area (Å²) in [5.74, 6) is -0.461. The van der Waals surface area contributed by atoms with Gasteiger partial charge in [0.2, 0.25) is 0 Å². The molecule has 8 unspecified atom stereocenters. The zero-order valence-electron chi connectivity index (χ0n) is 13.2. The van der Waals surface area contributed by atoms with Crippen LogP contribution in [0.4, 0.5) is 0 Å². The maximum atomic E-state index is 12.2. The van der Waals surface area contributed by atoms with E-state index in [4.69, 9.17) is 14.2 Å². The summed E-state index contributed by atoms with van der Waals surface area (Å²) in [6, 6.07) is 0. The normalized spacial score (nSPS) is 52.2. The average Bonchev–Trinajstić information content (AvgIpc) is 2.88. The number of carbonyl (C=O) groups is 2. The summed E-state index contributed by atoms with van der Waals surface area (Å²) < 4.78 is 17.2. The van der Waals surface area contributed by atoms with Gasteiger partial charge in [0.05, 0.1) is 17.6 Å². The lowest BCUT2D eigenvalue weighted by Gasteiger charge is -2.31. The van der Waals surface area contributed by atoms with Crippen molar-refractivity contribution in [2.24, 2.45) is 23.7 Å². The number of esters is 2. The van der Waals surface area contributed by atoms with E-state index in [-0.39, 0.29) is 59.5 Å². The quantitative estimate of drug-likeness (QED) is 0.420. The van der Waals surface area contributed by atoms with E-state index in [1.54, 1.807) is 0 Å². The molecular weight excluding hydrogens is 284 g/mol. The van der Waals surface area contributed by atoms with Gasteiger partial charge in [-0.15, -0.1) is 0 Å². The molecule has 8 atom stereocenters. The molecular formula is C17H22O5. The third-order valence-electron chi connectivity index (χ3n) is 6.21. The predicted octanol–water partition coefficient (Wildman–Crippen LogP) is 1.85. The molecule has 0 aromatic rings. The summed E-state index contributed by atoms with van der Waals surface area (Å²) in [7, 11) is 0. The SMILES string of the molecule is C=C1CC(OC(C)=O)C2C(C)C(=O)OC2C2C1CC1OC12C. The third kappa shape index (κ3) is 1.75. The zero-order chi connectivity index (χ0) is 15.8. The van der Waals surface area contributed by atoms with E-state index < -0.39 is 0 Å². The number of fused-ring (bicyclic) bond motifs is 5. The molecule has 5 nitrogen and oxygen atoms in total. The van der Waals surface area contributed by atoms with E-state index in [2.05, 4.69) is 13.5 Å². The van der Waals surface area contributed by atoms with Gasteiger partial charge in [0.1, 0.15) is 12.2 Å². The summed E-state index contributed by atoms with van der Waals surface area (Å²) >= 11 is 0. The largest absolute Gasteiger partial charge is 0.462 e. The van der Waals surface area contributed by atoms with Gasteiger partial charge in [0.15, 0.2) is 0 Å². The van der Waals surface area contributed by atoms with Crippen molar-refractivity contribution in [3.8, 4) is 0 Å². The fourth-order valence-electron chi connectivity index (χ4n) is 5.09. The second kappa shape index (κ2) is 4.34. The molecule has 120 valence electrons. The minimum Gasteiger partial charge on any atom is -0.462 e. The van der Waals surface area contributed by atoms with E-state index in [0.29, 0.717) is 6.42 Å². The molecule has 0 bridgehead atoms. The molecule has 0 spiro atoms. The van der Waals surface area contributed by atoms with Crippen LogP contribution in [-0.4, -0.2) is 35.9 Å². The third-order valence-corrected chi connectivity index (χ3v) is 6.21. The van der Waals surface area contributed by atoms with Gasteiger partial charge in [-0.2, -0.15) is 0 Å². The maximum Gasteiger partial charge on any atom is 0.309 e. The summed E-state index contributed by atoms with van der Waals surface area (Å²) in [6.45, 7) is 9.63. The highest BCUT2D eigenvalue weighted by Gasteiger charge is 2.72. The number of carbonyl (C=O) groups excluding carboxylic acids is 2. The molecule has 4 fully saturated rings. The van der Waals surface area contributed by atoms with Gasteiger partial charge < -0.3 is 14.2 Å². The number of ether oxygens (including phenoxy) is 3. The molecule has 22 heavy (non-hydrogen) atoms. The van der Waals surface area contributed by atoms with Crippen molar-refractivity contribution in [3.05, 3.63) is 12.2 Å². The molecule has 2 heterocycles. The Kier molecular flexibility index (Phi) is 2.81. The molecule has 2 aliphatic heterocycles. The van der Waals surface area contributed by atoms with Crippen molar-refractivity contribution in [2.75, 3.05) is 0 Å². The minimum absolute atomic E-state index is 0.108. The number of rotatable bonds is 1. The average molecular weight is 306 g/mol. The van der Waals surface area contributed by atoms with Crippen LogP contribution in [0.3, 0.4) is 0 Å². The van der Waals surface area contributed by atoms with Crippen LogP contribution in [0.2, 0.25) is 0 Å². The summed E-state index contributed by atoms with van der Waals surface area (Å²) in [5.41, 5.74) is 0.886. The first kappa shape index (κ1) is 14.2. The van der Waals surface area contributed by atoms with Gasteiger partial charge in [-0.25, -0.2) is 0 Å². The lowest BCUT2D eigenvalue weighted by atomic mass is 9.77. The molecule has 0 N–H and O–H groups in total. The Labute approximate surface area is 130 Å². The Hall–Kier alpha value is -1.36. The molecule has 2 aliphatic carbocycles. The van der Waals surface area contributed by atoms with Crippen molar-refractivity contribution in [2.45, 2.75) is 57.5 Å². The van der Waals surface area contributed by atoms with Crippen molar-refractivity contribution in [1.29, 1.82) is 0 Å².